The lowest BCUT2D eigenvalue weighted by atomic mass is 10.2. The van der Waals surface area contributed by atoms with Crippen molar-refractivity contribution in [2.75, 3.05) is 0 Å². The molecule has 3 aromatic rings. The minimum Gasteiger partial charge on any atom is -0.311 e. The summed E-state index contributed by atoms with van der Waals surface area (Å²) in [4.78, 5) is 0.784. The maximum Gasteiger partial charge on any atom is 0.211 e. The van der Waals surface area contributed by atoms with Crippen molar-refractivity contribution in [3.05, 3.63) is 88.8 Å². The van der Waals surface area contributed by atoms with Crippen molar-refractivity contribution in [2.24, 2.45) is 10.2 Å². The maximum atomic E-state index is 12.9. The summed E-state index contributed by atoms with van der Waals surface area (Å²) in [6, 6.07) is 16.3. The molecule has 0 N–H and O–H groups in total. The predicted octanol–water partition coefficient (Wildman–Crippen LogP) is 4.48. The smallest absolute Gasteiger partial charge is 0.211 e. The van der Waals surface area contributed by atoms with Crippen LogP contribution in [0.1, 0.15) is 5.56 Å². The number of nitrogens with zero attached hydrogens (tertiary/aromatic N) is 3. The topological polar surface area (TPSA) is 29.6 Å². The van der Waals surface area contributed by atoms with E-state index in [4.69, 9.17) is 0 Å². The molecule has 0 saturated heterocycles. The van der Waals surface area contributed by atoms with Gasteiger partial charge in [0.1, 0.15) is 5.82 Å². The summed E-state index contributed by atoms with van der Waals surface area (Å²) in [7, 11) is 0. The zero-order chi connectivity index (χ0) is 16.8. The molecular formula is C19H16FN3S. The second-order valence-corrected chi connectivity index (χ2v) is 5.90. The first kappa shape index (κ1) is 16.1. The van der Waals surface area contributed by atoms with Gasteiger partial charge in [-0.2, -0.15) is 5.10 Å². The van der Waals surface area contributed by atoms with Crippen molar-refractivity contribution in [3.63, 3.8) is 0 Å². The minimum absolute atomic E-state index is 0.265. The molecule has 0 spiro atoms. The van der Waals surface area contributed by atoms with E-state index in [-0.39, 0.29) is 5.82 Å². The van der Waals surface area contributed by atoms with Gasteiger partial charge < -0.3 is 4.57 Å². The highest BCUT2D eigenvalue weighted by Crippen LogP contribution is 2.19. The summed E-state index contributed by atoms with van der Waals surface area (Å²) >= 11 is 1.52. The highest BCUT2D eigenvalue weighted by atomic mass is 32.1. The summed E-state index contributed by atoms with van der Waals surface area (Å²) < 4.78 is 15.0. The Morgan fingerprint density at radius 3 is 2.54 bits per heavy atom. The fourth-order valence-electron chi connectivity index (χ4n) is 2.25. The Labute approximate surface area is 143 Å². The van der Waals surface area contributed by atoms with E-state index in [2.05, 4.69) is 38.9 Å². The average molecular weight is 337 g/mol. The molecule has 0 bridgehead atoms. The highest BCUT2D eigenvalue weighted by molar-refractivity contribution is 7.07. The molecule has 3 nitrogen and oxygen atoms in total. The van der Waals surface area contributed by atoms with Crippen molar-refractivity contribution in [1.82, 2.24) is 4.57 Å². The third kappa shape index (κ3) is 3.75. The van der Waals surface area contributed by atoms with Gasteiger partial charge in [0, 0.05) is 11.9 Å². The fourth-order valence-corrected chi connectivity index (χ4v) is 3.12. The van der Waals surface area contributed by atoms with Crippen LogP contribution in [0.4, 0.5) is 4.39 Å². The first-order valence-electron chi connectivity index (χ1n) is 7.45. The van der Waals surface area contributed by atoms with E-state index >= 15 is 0 Å². The molecule has 0 aliphatic carbocycles. The van der Waals surface area contributed by atoms with E-state index in [0.717, 1.165) is 21.6 Å². The zero-order valence-electron chi connectivity index (χ0n) is 13.0. The van der Waals surface area contributed by atoms with Crippen LogP contribution in [-0.4, -0.2) is 10.8 Å². The lowest BCUT2D eigenvalue weighted by molar-refractivity contribution is 0.628. The summed E-state index contributed by atoms with van der Waals surface area (Å²) in [6.45, 7) is 4.47. The van der Waals surface area contributed by atoms with Crippen molar-refractivity contribution < 1.29 is 4.39 Å². The Bertz CT molecular complexity index is 906. The van der Waals surface area contributed by atoms with Crippen LogP contribution in [0.5, 0.6) is 0 Å². The molecule has 0 atom stereocenters. The molecule has 0 aliphatic rings. The maximum absolute atomic E-state index is 12.9. The number of rotatable bonds is 5. The number of aromatic nitrogens is 1. The molecule has 1 aromatic heterocycles. The Balaban J connectivity index is 1.94. The largest absolute Gasteiger partial charge is 0.311 e. The summed E-state index contributed by atoms with van der Waals surface area (Å²) in [6.07, 6.45) is 3.45. The van der Waals surface area contributed by atoms with Gasteiger partial charge in [-0.15, -0.1) is 23.0 Å². The number of hydrogen-bond acceptors (Lipinski definition) is 3. The van der Waals surface area contributed by atoms with Crippen LogP contribution in [0.15, 0.2) is 82.8 Å². The fraction of sp³-hybridized carbons (Fsp3) is 0.0526. The summed E-state index contributed by atoms with van der Waals surface area (Å²) in [5.41, 5.74) is 3.01. The number of thiazole rings is 1. The Hall–Kier alpha value is -2.79. The molecule has 2 aromatic carbocycles. The Morgan fingerprint density at radius 1 is 1.08 bits per heavy atom. The molecule has 0 unspecified atom stereocenters. The average Bonchev–Trinajstić information content (AvgIpc) is 3.01. The molecule has 0 aliphatic heterocycles. The first-order valence-corrected chi connectivity index (χ1v) is 8.33. The van der Waals surface area contributed by atoms with Crippen LogP contribution in [0.2, 0.25) is 0 Å². The predicted molar refractivity (Wildman–Crippen MR) is 97.5 cm³/mol. The highest BCUT2D eigenvalue weighted by Gasteiger charge is 2.06. The number of benzene rings is 2. The SMILES string of the molecule is C=CCn1c(-c2ccccc2)cs/c1=N\N=C/c1ccc(F)cc1. The lowest BCUT2D eigenvalue weighted by Crippen LogP contribution is -2.14. The molecule has 0 saturated carbocycles. The van der Waals surface area contributed by atoms with Crippen LogP contribution < -0.4 is 4.80 Å². The van der Waals surface area contributed by atoms with E-state index in [1.54, 1.807) is 18.3 Å². The lowest BCUT2D eigenvalue weighted by Gasteiger charge is -2.05. The summed E-state index contributed by atoms with van der Waals surface area (Å²) in [5, 5.41) is 10.5. The standard InChI is InChI=1S/C19H16FN3S/c1-2-12-23-18(16-6-4-3-5-7-16)14-24-19(23)22-21-13-15-8-10-17(20)11-9-15/h2-11,13-14H,1,12H2/b21-13-,22-19-. The van der Waals surface area contributed by atoms with Gasteiger partial charge in [-0.1, -0.05) is 48.5 Å². The van der Waals surface area contributed by atoms with E-state index in [0.29, 0.717) is 6.54 Å². The van der Waals surface area contributed by atoms with Crippen molar-refractivity contribution in [2.45, 2.75) is 6.54 Å². The molecule has 0 radical (unpaired) electrons. The van der Waals surface area contributed by atoms with Gasteiger partial charge in [-0.25, -0.2) is 4.39 Å². The van der Waals surface area contributed by atoms with E-state index in [1.807, 2.05) is 24.3 Å². The third-order valence-corrected chi connectivity index (χ3v) is 4.25. The quantitative estimate of drug-likeness (QED) is 0.373. The molecule has 0 amide bonds. The second-order valence-electron chi connectivity index (χ2n) is 5.06. The van der Waals surface area contributed by atoms with E-state index in [9.17, 15) is 4.39 Å². The molecule has 5 heteroatoms. The van der Waals surface area contributed by atoms with Crippen molar-refractivity contribution in [1.29, 1.82) is 0 Å². The summed E-state index contributed by atoms with van der Waals surface area (Å²) in [5.74, 6) is -0.265. The van der Waals surface area contributed by atoms with Gasteiger partial charge in [-0.05, 0) is 23.3 Å². The van der Waals surface area contributed by atoms with Gasteiger partial charge in [-0.3, -0.25) is 0 Å². The second kappa shape index (κ2) is 7.66. The molecule has 3 rings (SSSR count). The van der Waals surface area contributed by atoms with Gasteiger partial charge in [0.05, 0.1) is 11.9 Å². The van der Waals surface area contributed by atoms with Gasteiger partial charge >= 0.3 is 0 Å². The van der Waals surface area contributed by atoms with Crippen LogP contribution in [-0.2, 0) is 6.54 Å². The minimum atomic E-state index is -0.265. The van der Waals surface area contributed by atoms with Crippen molar-refractivity contribution >= 4 is 17.6 Å². The third-order valence-electron chi connectivity index (χ3n) is 3.40. The number of allylic oxidation sites excluding steroid dienone is 1. The zero-order valence-corrected chi connectivity index (χ0v) is 13.8. The Morgan fingerprint density at radius 2 is 1.83 bits per heavy atom. The molecule has 120 valence electrons. The molecular weight excluding hydrogens is 321 g/mol. The monoisotopic (exact) mass is 337 g/mol. The molecule has 0 fully saturated rings. The van der Waals surface area contributed by atoms with Crippen molar-refractivity contribution in [3.8, 4) is 11.3 Å². The van der Waals surface area contributed by atoms with Gasteiger partial charge in [0.2, 0.25) is 4.80 Å². The van der Waals surface area contributed by atoms with Crippen LogP contribution >= 0.6 is 11.3 Å². The molecule has 1 heterocycles. The Kier molecular flexibility index (Phi) is 5.13. The normalized spacial score (nSPS) is 12.0. The van der Waals surface area contributed by atoms with E-state index < -0.39 is 0 Å². The van der Waals surface area contributed by atoms with Crippen LogP contribution in [0, 0.1) is 5.82 Å². The van der Waals surface area contributed by atoms with Gasteiger partial charge in [0.25, 0.3) is 0 Å². The van der Waals surface area contributed by atoms with E-state index in [1.165, 1.54) is 23.5 Å². The molecule has 24 heavy (non-hydrogen) atoms. The number of hydrogen-bond donors (Lipinski definition) is 0. The first-order chi connectivity index (χ1) is 11.8. The van der Waals surface area contributed by atoms with Gasteiger partial charge in [0.15, 0.2) is 0 Å². The van der Waals surface area contributed by atoms with Crippen LogP contribution in [0.25, 0.3) is 11.3 Å². The number of halogens is 1. The van der Waals surface area contributed by atoms with Crippen LogP contribution in [0.3, 0.4) is 0 Å².